The van der Waals surface area contributed by atoms with Crippen molar-refractivity contribution in [3.8, 4) is 11.4 Å². The Morgan fingerprint density at radius 1 is 1.03 bits per heavy atom. The van der Waals surface area contributed by atoms with Crippen LogP contribution >= 0.6 is 0 Å². The zero-order chi connectivity index (χ0) is 20.6. The number of benzene rings is 2. The number of hydrogen-bond donors (Lipinski definition) is 2. The van der Waals surface area contributed by atoms with Gasteiger partial charge >= 0.3 is 0 Å². The van der Waals surface area contributed by atoms with Crippen LogP contribution in [0, 0.1) is 13.8 Å². The van der Waals surface area contributed by atoms with Crippen molar-refractivity contribution in [2.24, 2.45) is 0 Å². The molecule has 0 radical (unpaired) electrons. The molecular weight excluding hydrogens is 364 g/mol. The smallest absolute Gasteiger partial charge is 0.274 e. The Morgan fingerprint density at radius 2 is 1.83 bits per heavy atom. The standard InChI is InChI=1S/C23H26N4O2/c1-16-9-7-12-19(17(16)2)26-23(28)20-15-21(24-13-8-14-29-3)27-22(25-20)18-10-5-4-6-11-18/h4-7,9-12,15H,8,13-14H2,1-3H3,(H,26,28)(H,24,25,27). The number of aromatic nitrogens is 2. The van der Waals surface area contributed by atoms with Gasteiger partial charge in [0.25, 0.3) is 5.91 Å². The Labute approximate surface area is 171 Å². The van der Waals surface area contributed by atoms with E-state index in [1.807, 2.05) is 62.4 Å². The van der Waals surface area contributed by atoms with Crippen LogP contribution in [0.1, 0.15) is 28.0 Å². The second-order valence-electron chi connectivity index (χ2n) is 6.80. The first-order chi connectivity index (χ1) is 14.1. The molecule has 0 saturated heterocycles. The van der Waals surface area contributed by atoms with Crippen LogP contribution in [0.3, 0.4) is 0 Å². The maximum Gasteiger partial charge on any atom is 0.274 e. The maximum absolute atomic E-state index is 12.9. The van der Waals surface area contributed by atoms with Crippen LogP contribution in [-0.2, 0) is 4.74 Å². The topological polar surface area (TPSA) is 76.1 Å². The van der Waals surface area contributed by atoms with E-state index in [1.54, 1.807) is 13.2 Å². The summed E-state index contributed by atoms with van der Waals surface area (Å²) in [5.74, 6) is 0.854. The zero-order valence-electron chi connectivity index (χ0n) is 17.0. The minimum absolute atomic E-state index is 0.266. The first-order valence-corrected chi connectivity index (χ1v) is 9.63. The molecule has 0 spiro atoms. The third-order valence-corrected chi connectivity index (χ3v) is 4.67. The molecule has 3 aromatic rings. The molecular formula is C23H26N4O2. The van der Waals surface area contributed by atoms with Gasteiger partial charge in [-0.15, -0.1) is 0 Å². The molecule has 0 aliphatic rings. The molecule has 0 saturated carbocycles. The Hall–Kier alpha value is -3.25. The molecule has 0 bridgehead atoms. The molecule has 1 aromatic heterocycles. The van der Waals surface area contributed by atoms with Crippen LogP contribution in [0.15, 0.2) is 54.6 Å². The van der Waals surface area contributed by atoms with Crippen molar-refractivity contribution < 1.29 is 9.53 Å². The molecule has 6 nitrogen and oxygen atoms in total. The van der Waals surface area contributed by atoms with Gasteiger partial charge in [-0.3, -0.25) is 4.79 Å². The molecule has 0 aliphatic heterocycles. The van der Waals surface area contributed by atoms with Gasteiger partial charge in [-0.2, -0.15) is 0 Å². The van der Waals surface area contributed by atoms with E-state index in [9.17, 15) is 4.79 Å². The van der Waals surface area contributed by atoms with E-state index in [1.165, 1.54) is 0 Å². The second-order valence-corrected chi connectivity index (χ2v) is 6.80. The molecule has 2 N–H and O–H groups in total. The summed E-state index contributed by atoms with van der Waals surface area (Å²) in [6.45, 7) is 5.36. The summed E-state index contributed by atoms with van der Waals surface area (Å²) in [5, 5.41) is 6.23. The maximum atomic E-state index is 12.9. The fraction of sp³-hybridized carbons (Fsp3) is 0.261. The minimum atomic E-state index is -0.266. The van der Waals surface area contributed by atoms with Crippen molar-refractivity contribution in [3.63, 3.8) is 0 Å². The fourth-order valence-electron chi connectivity index (χ4n) is 2.88. The predicted molar refractivity (Wildman–Crippen MR) is 116 cm³/mol. The highest BCUT2D eigenvalue weighted by molar-refractivity contribution is 6.04. The van der Waals surface area contributed by atoms with Gasteiger partial charge in [0.2, 0.25) is 0 Å². The van der Waals surface area contributed by atoms with Crippen LogP contribution in [0.2, 0.25) is 0 Å². The quantitative estimate of drug-likeness (QED) is 0.555. The summed E-state index contributed by atoms with van der Waals surface area (Å²) in [6, 6.07) is 17.2. The Balaban J connectivity index is 1.89. The number of anilines is 2. The Kier molecular flexibility index (Phi) is 6.92. The lowest BCUT2D eigenvalue weighted by atomic mass is 10.1. The first kappa shape index (κ1) is 20.5. The average molecular weight is 390 g/mol. The molecule has 0 fully saturated rings. The van der Waals surface area contributed by atoms with Crippen molar-refractivity contribution in [1.82, 2.24) is 9.97 Å². The van der Waals surface area contributed by atoms with E-state index in [0.29, 0.717) is 30.5 Å². The summed E-state index contributed by atoms with van der Waals surface area (Å²) in [4.78, 5) is 22.0. The molecule has 2 aromatic carbocycles. The highest BCUT2D eigenvalue weighted by atomic mass is 16.5. The summed E-state index contributed by atoms with van der Waals surface area (Å²) >= 11 is 0. The zero-order valence-corrected chi connectivity index (χ0v) is 17.0. The van der Waals surface area contributed by atoms with E-state index in [-0.39, 0.29) is 5.91 Å². The number of methoxy groups -OCH3 is 1. The number of ether oxygens (including phenoxy) is 1. The van der Waals surface area contributed by atoms with Gasteiger partial charge in [0.05, 0.1) is 0 Å². The molecule has 150 valence electrons. The Morgan fingerprint density at radius 3 is 2.59 bits per heavy atom. The number of carbonyl (C=O) groups excluding carboxylic acids is 1. The Bertz CT molecular complexity index is 974. The van der Waals surface area contributed by atoms with E-state index in [0.717, 1.165) is 28.8 Å². The number of amides is 1. The second kappa shape index (κ2) is 9.80. The predicted octanol–water partition coefficient (Wildman–Crippen LogP) is 4.46. The molecule has 29 heavy (non-hydrogen) atoms. The molecule has 1 heterocycles. The molecule has 0 aliphatic carbocycles. The normalized spacial score (nSPS) is 10.6. The highest BCUT2D eigenvalue weighted by Crippen LogP contribution is 2.21. The van der Waals surface area contributed by atoms with Gasteiger partial charge in [-0.1, -0.05) is 42.5 Å². The van der Waals surface area contributed by atoms with E-state index >= 15 is 0 Å². The van der Waals surface area contributed by atoms with E-state index < -0.39 is 0 Å². The number of hydrogen-bond acceptors (Lipinski definition) is 5. The number of nitrogens with zero attached hydrogens (tertiary/aromatic N) is 2. The lowest BCUT2D eigenvalue weighted by Crippen LogP contribution is -2.17. The van der Waals surface area contributed by atoms with Crippen LogP contribution < -0.4 is 10.6 Å². The first-order valence-electron chi connectivity index (χ1n) is 9.63. The molecule has 6 heteroatoms. The van der Waals surface area contributed by atoms with E-state index in [2.05, 4.69) is 20.6 Å². The number of rotatable bonds is 8. The van der Waals surface area contributed by atoms with Gasteiger partial charge in [0.1, 0.15) is 11.5 Å². The minimum Gasteiger partial charge on any atom is -0.385 e. The van der Waals surface area contributed by atoms with Crippen molar-refractivity contribution >= 4 is 17.4 Å². The number of carbonyl (C=O) groups is 1. The van der Waals surface area contributed by atoms with Crippen LogP contribution in [-0.4, -0.2) is 36.1 Å². The SMILES string of the molecule is COCCCNc1cc(C(=O)Nc2cccc(C)c2C)nc(-c2ccccc2)n1. The van der Waals surface area contributed by atoms with Gasteiger partial charge in [-0.05, 0) is 37.5 Å². The van der Waals surface area contributed by atoms with Crippen molar-refractivity contribution in [3.05, 3.63) is 71.4 Å². The average Bonchev–Trinajstić information content (AvgIpc) is 2.75. The molecule has 0 atom stereocenters. The third-order valence-electron chi connectivity index (χ3n) is 4.67. The van der Waals surface area contributed by atoms with Crippen molar-refractivity contribution in [1.29, 1.82) is 0 Å². The van der Waals surface area contributed by atoms with Crippen LogP contribution in [0.5, 0.6) is 0 Å². The number of nitrogens with one attached hydrogen (secondary N) is 2. The monoisotopic (exact) mass is 390 g/mol. The lowest BCUT2D eigenvalue weighted by Gasteiger charge is -2.12. The molecule has 0 unspecified atom stereocenters. The summed E-state index contributed by atoms with van der Waals surface area (Å²) < 4.78 is 5.09. The van der Waals surface area contributed by atoms with Gasteiger partial charge in [0.15, 0.2) is 5.82 Å². The van der Waals surface area contributed by atoms with Crippen LogP contribution in [0.4, 0.5) is 11.5 Å². The van der Waals surface area contributed by atoms with E-state index in [4.69, 9.17) is 4.74 Å². The third kappa shape index (κ3) is 5.39. The fourth-order valence-corrected chi connectivity index (χ4v) is 2.88. The summed E-state index contributed by atoms with van der Waals surface area (Å²) in [5.41, 5.74) is 4.11. The van der Waals surface area contributed by atoms with Crippen LogP contribution in [0.25, 0.3) is 11.4 Å². The lowest BCUT2D eigenvalue weighted by molar-refractivity contribution is 0.102. The highest BCUT2D eigenvalue weighted by Gasteiger charge is 2.14. The molecule has 1 amide bonds. The van der Waals surface area contributed by atoms with Crippen molar-refractivity contribution in [2.45, 2.75) is 20.3 Å². The summed E-state index contributed by atoms with van der Waals surface area (Å²) in [7, 11) is 1.67. The largest absolute Gasteiger partial charge is 0.385 e. The van der Waals surface area contributed by atoms with Crippen molar-refractivity contribution in [2.75, 3.05) is 30.9 Å². The van der Waals surface area contributed by atoms with Gasteiger partial charge in [0, 0.05) is 37.6 Å². The number of aryl methyl sites for hydroxylation is 1. The van der Waals surface area contributed by atoms with Gasteiger partial charge < -0.3 is 15.4 Å². The van der Waals surface area contributed by atoms with Gasteiger partial charge in [-0.25, -0.2) is 9.97 Å². The summed E-state index contributed by atoms with van der Waals surface area (Å²) in [6.07, 6.45) is 0.838. The molecule has 3 rings (SSSR count).